The Kier molecular flexibility index (Phi) is 10.7. The molecule has 0 aromatic heterocycles. The number of hydrogen-bond acceptors (Lipinski definition) is 3. The number of hydrogen-bond donors (Lipinski definition) is 2. The van der Waals surface area contributed by atoms with Crippen LogP contribution >= 0.6 is 24.0 Å². The van der Waals surface area contributed by atoms with Crippen molar-refractivity contribution in [1.29, 1.82) is 0 Å². The Bertz CT molecular complexity index is 673. The van der Waals surface area contributed by atoms with Crippen LogP contribution in [0.25, 0.3) is 0 Å². The van der Waals surface area contributed by atoms with E-state index in [0.717, 1.165) is 56.6 Å². The summed E-state index contributed by atoms with van der Waals surface area (Å²) in [4.78, 5) is 9.12. The highest BCUT2D eigenvalue weighted by molar-refractivity contribution is 14.0. The lowest BCUT2D eigenvalue weighted by atomic mass is 10.0. The van der Waals surface area contributed by atoms with E-state index in [4.69, 9.17) is 0 Å². The van der Waals surface area contributed by atoms with Gasteiger partial charge >= 0.3 is 0 Å². The van der Waals surface area contributed by atoms with E-state index < -0.39 is 11.6 Å². The minimum absolute atomic E-state index is 0. The van der Waals surface area contributed by atoms with Gasteiger partial charge in [0.2, 0.25) is 0 Å². The largest absolute Gasteiger partial charge is 0.355 e. The van der Waals surface area contributed by atoms with Crippen LogP contribution in [0.5, 0.6) is 0 Å². The van der Waals surface area contributed by atoms with Crippen molar-refractivity contribution in [1.82, 2.24) is 20.4 Å². The Balaban J connectivity index is 0.00000320. The molecule has 8 heteroatoms. The second-order valence-electron chi connectivity index (χ2n) is 8.36. The highest BCUT2D eigenvalue weighted by Gasteiger charge is 2.21. The van der Waals surface area contributed by atoms with Gasteiger partial charge in [-0.15, -0.1) is 24.0 Å². The summed E-state index contributed by atoms with van der Waals surface area (Å²) < 4.78 is 26.5. The summed E-state index contributed by atoms with van der Waals surface area (Å²) in [5.74, 6) is -0.693. The van der Waals surface area contributed by atoms with Gasteiger partial charge in [0.1, 0.15) is 0 Å². The highest BCUT2D eigenvalue weighted by atomic mass is 127. The molecule has 0 unspecified atom stereocenters. The summed E-state index contributed by atoms with van der Waals surface area (Å²) in [5.41, 5.74) is 0.819. The lowest BCUT2D eigenvalue weighted by Gasteiger charge is -2.33. The van der Waals surface area contributed by atoms with E-state index in [2.05, 4.69) is 32.5 Å². The molecule has 1 saturated heterocycles. The zero-order valence-electron chi connectivity index (χ0n) is 18.2. The zero-order chi connectivity index (χ0) is 20.6. The molecule has 2 N–H and O–H groups in total. The monoisotopic (exact) mass is 535 g/mol. The minimum atomic E-state index is -0.787. The van der Waals surface area contributed by atoms with E-state index in [0.29, 0.717) is 12.6 Å². The van der Waals surface area contributed by atoms with Gasteiger partial charge in [-0.2, -0.15) is 0 Å². The molecule has 3 rings (SSSR count). The predicted octanol–water partition coefficient (Wildman–Crippen LogP) is 3.59. The van der Waals surface area contributed by atoms with E-state index in [1.54, 1.807) is 6.07 Å². The van der Waals surface area contributed by atoms with Gasteiger partial charge in [0, 0.05) is 51.9 Å². The maximum atomic E-state index is 13.4. The summed E-state index contributed by atoms with van der Waals surface area (Å²) in [5, 5.41) is 6.97. The van der Waals surface area contributed by atoms with Gasteiger partial charge in [0.15, 0.2) is 17.6 Å². The quantitative estimate of drug-likeness (QED) is 0.318. The third-order valence-electron chi connectivity index (χ3n) is 6.25. The lowest BCUT2D eigenvalue weighted by molar-refractivity contribution is 0.198. The summed E-state index contributed by atoms with van der Waals surface area (Å²) in [6.07, 6.45) is 7.39. The number of nitrogens with one attached hydrogen (secondary N) is 2. The van der Waals surface area contributed by atoms with Crippen LogP contribution in [0.1, 0.15) is 44.1 Å². The first-order valence-electron chi connectivity index (χ1n) is 10.9. The van der Waals surface area contributed by atoms with Crippen LogP contribution in [0, 0.1) is 11.6 Å². The number of piperidine rings is 1. The van der Waals surface area contributed by atoms with Crippen molar-refractivity contribution in [2.75, 3.05) is 40.3 Å². The first-order chi connectivity index (χ1) is 14.0. The highest BCUT2D eigenvalue weighted by Crippen LogP contribution is 2.21. The second-order valence-corrected chi connectivity index (χ2v) is 8.36. The van der Waals surface area contributed by atoms with Crippen LogP contribution in [0.2, 0.25) is 0 Å². The van der Waals surface area contributed by atoms with Crippen LogP contribution in [0.3, 0.4) is 0 Å². The minimum Gasteiger partial charge on any atom is -0.355 e. The van der Waals surface area contributed by atoms with Crippen LogP contribution in [-0.4, -0.2) is 68.1 Å². The molecule has 30 heavy (non-hydrogen) atoms. The average molecular weight is 535 g/mol. The SMILES string of the molecule is CN=C(NCCN(C)C1CCCC1)NC1CCN(Cc2ccc(F)c(F)c2)CC1.I. The van der Waals surface area contributed by atoms with Crippen molar-refractivity contribution in [3.63, 3.8) is 0 Å². The lowest BCUT2D eigenvalue weighted by Crippen LogP contribution is -2.49. The molecule has 0 radical (unpaired) electrons. The van der Waals surface area contributed by atoms with E-state index in [1.165, 1.54) is 37.8 Å². The first-order valence-corrected chi connectivity index (χ1v) is 10.9. The third kappa shape index (κ3) is 7.60. The second kappa shape index (κ2) is 12.8. The van der Waals surface area contributed by atoms with Gasteiger partial charge in [-0.1, -0.05) is 18.9 Å². The number of aliphatic imine (C=N–C) groups is 1. The van der Waals surface area contributed by atoms with Crippen LogP contribution in [-0.2, 0) is 6.54 Å². The molecule has 1 aliphatic carbocycles. The van der Waals surface area contributed by atoms with Gasteiger partial charge in [0.25, 0.3) is 0 Å². The van der Waals surface area contributed by atoms with Crippen molar-refractivity contribution in [3.05, 3.63) is 35.4 Å². The first kappa shape index (κ1) is 25.3. The Hall–Kier alpha value is -1.00. The van der Waals surface area contributed by atoms with Crippen LogP contribution in [0.4, 0.5) is 8.78 Å². The molecule has 2 fully saturated rings. The van der Waals surface area contributed by atoms with Crippen molar-refractivity contribution >= 4 is 29.9 Å². The average Bonchev–Trinajstić information content (AvgIpc) is 3.26. The van der Waals surface area contributed by atoms with Crippen LogP contribution < -0.4 is 10.6 Å². The molecule has 1 saturated carbocycles. The fourth-order valence-electron chi connectivity index (χ4n) is 4.40. The Morgan fingerprint density at radius 1 is 1.13 bits per heavy atom. The van der Waals surface area contributed by atoms with Gasteiger partial charge in [-0.25, -0.2) is 8.78 Å². The molecule has 0 bridgehead atoms. The number of rotatable bonds is 7. The summed E-state index contributed by atoms with van der Waals surface area (Å²) in [7, 11) is 4.03. The van der Waals surface area contributed by atoms with Crippen molar-refractivity contribution < 1.29 is 8.78 Å². The molecule has 0 amide bonds. The zero-order valence-corrected chi connectivity index (χ0v) is 20.5. The van der Waals surface area contributed by atoms with Crippen molar-refractivity contribution in [3.8, 4) is 0 Å². The normalized spacial score (nSPS) is 19.2. The Morgan fingerprint density at radius 2 is 1.83 bits per heavy atom. The third-order valence-corrected chi connectivity index (χ3v) is 6.25. The molecule has 5 nitrogen and oxygen atoms in total. The molecule has 1 aromatic carbocycles. The fraction of sp³-hybridized carbons (Fsp3) is 0.682. The Morgan fingerprint density at radius 3 is 2.47 bits per heavy atom. The predicted molar refractivity (Wildman–Crippen MR) is 129 cm³/mol. The number of likely N-dealkylation sites (tertiary alicyclic amines) is 1. The molecule has 1 heterocycles. The number of likely N-dealkylation sites (N-methyl/N-ethyl adjacent to an activating group) is 1. The van der Waals surface area contributed by atoms with Gasteiger partial charge in [0.05, 0.1) is 0 Å². The Labute approximate surface area is 196 Å². The number of nitrogens with zero attached hydrogens (tertiary/aromatic N) is 3. The smallest absolute Gasteiger partial charge is 0.191 e. The van der Waals surface area contributed by atoms with Gasteiger partial charge in [-0.3, -0.25) is 9.89 Å². The van der Waals surface area contributed by atoms with E-state index in [1.807, 2.05) is 7.05 Å². The van der Waals surface area contributed by atoms with Crippen molar-refractivity contribution in [2.24, 2.45) is 4.99 Å². The molecule has 0 spiro atoms. The molecule has 0 atom stereocenters. The number of halogens is 3. The number of benzene rings is 1. The summed E-state index contributed by atoms with van der Waals surface area (Å²) in [6.45, 7) is 4.43. The molecular weight excluding hydrogens is 499 g/mol. The fourth-order valence-corrected chi connectivity index (χ4v) is 4.40. The maximum absolute atomic E-state index is 13.4. The number of guanidine groups is 1. The summed E-state index contributed by atoms with van der Waals surface area (Å²) in [6, 6.07) is 5.30. The van der Waals surface area contributed by atoms with Gasteiger partial charge < -0.3 is 15.5 Å². The van der Waals surface area contributed by atoms with Gasteiger partial charge in [-0.05, 0) is 50.4 Å². The van der Waals surface area contributed by atoms with Crippen molar-refractivity contribution in [2.45, 2.75) is 57.2 Å². The molecule has 1 aromatic rings. The van der Waals surface area contributed by atoms with E-state index >= 15 is 0 Å². The molecule has 170 valence electrons. The van der Waals surface area contributed by atoms with E-state index in [9.17, 15) is 8.78 Å². The van der Waals surface area contributed by atoms with E-state index in [-0.39, 0.29) is 24.0 Å². The standard InChI is InChI=1S/C22H35F2N5.HI/c1-25-22(26-11-14-28(2)19-5-3-4-6-19)27-18-9-12-29(13-10-18)16-17-7-8-20(23)21(24)15-17;/h7-8,15,18-19H,3-6,9-14,16H2,1-2H3,(H2,25,26,27);1H. The molecule has 2 aliphatic rings. The van der Waals surface area contributed by atoms with Crippen LogP contribution in [0.15, 0.2) is 23.2 Å². The molecule has 1 aliphatic heterocycles. The topological polar surface area (TPSA) is 42.9 Å². The molecular formula is C22H36F2IN5. The maximum Gasteiger partial charge on any atom is 0.191 e. The summed E-state index contributed by atoms with van der Waals surface area (Å²) >= 11 is 0.